The van der Waals surface area contributed by atoms with Gasteiger partial charge in [0.1, 0.15) is 6.17 Å². The number of nitrogens with zero attached hydrogens (tertiary/aromatic N) is 4. The molecular formula is C31H48FN5O4. The van der Waals surface area contributed by atoms with Crippen molar-refractivity contribution in [2.45, 2.75) is 100 Å². The lowest BCUT2D eigenvalue weighted by molar-refractivity contribution is -0.197. The number of Topliss-reactive ketones (excluding diaryl/α,β-unsaturated/α-hetero) is 1. The number of fused-ring (bicyclic) bond motifs is 2. The van der Waals surface area contributed by atoms with E-state index < -0.39 is 24.2 Å². The van der Waals surface area contributed by atoms with E-state index in [1.54, 1.807) is 0 Å². The third kappa shape index (κ3) is 5.48. The Balaban J connectivity index is 1.08. The predicted molar refractivity (Wildman–Crippen MR) is 152 cm³/mol. The Morgan fingerprint density at radius 2 is 1.73 bits per heavy atom. The quantitative estimate of drug-likeness (QED) is 0.480. The fourth-order valence-electron chi connectivity index (χ4n) is 8.90. The maximum Gasteiger partial charge on any atom is 0.258 e. The number of nitrogens with one attached hydrogen (secondary N) is 1. The largest absolute Gasteiger partial charge is 0.379 e. The summed E-state index contributed by atoms with van der Waals surface area (Å²) in [5.41, 5.74) is 0.279. The molecule has 7 atom stereocenters. The van der Waals surface area contributed by atoms with Crippen molar-refractivity contribution in [1.29, 1.82) is 0 Å². The monoisotopic (exact) mass is 573 g/mol. The van der Waals surface area contributed by atoms with E-state index in [4.69, 9.17) is 9.47 Å². The van der Waals surface area contributed by atoms with Crippen molar-refractivity contribution < 1.29 is 23.5 Å². The number of carbonyl (C=O) groups excluding carboxylic acids is 2. The Morgan fingerprint density at radius 3 is 2.51 bits per heavy atom. The number of morpholine rings is 2. The molecule has 0 aromatic heterocycles. The van der Waals surface area contributed by atoms with Crippen molar-refractivity contribution in [3.05, 3.63) is 11.8 Å². The number of rotatable bonds is 6. The highest BCUT2D eigenvalue weighted by atomic mass is 19.1. The normalized spacial score (nSPS) is 38.9. The van der Waals surface area contributed by atoms with Gasteiger partial charge in [0.25, 0.3) is 5.91 Å². The third-order valence-corrected chi connectivity index (χ3v) is 11.1. The standard InChI is InChI=1S/C31H48FN5O4/c32-24-19-22-28-30(27(24)33-9-14-34-15-17-40-18-16-34)41-26-6-2-1-5-25(26)37(28)20-23(29(22)38)31(39)36-12-7-21(8-13-36)35-10-3-4-11-35/h20-22,24-28,30,33H,1-19H2. The Morgan fingerprint density at radius 1 is 0.976 bits per heavy atom. The third-order valence-electron chi connectivity index (χ3n) is 11.1. The van der Waals surface area contributed by atoms with Crippen molar-refractivity contribution in [1.82, 2.24) is 24.9 Å². The van der Waals surface area contributed by atoms with Gasteiger partial charge >= 0.3 is 0 Å². The zero-order valence-electron chi connectivity index (χ0n) is 24.4. The van der Waals surface area contributed by atoms with Gasteiger partial charge in [0.05, 0.1) is 49.1 Å². The molecule has 7 rings (SSSR count). The number of piperidine rings is 1. The highest BCUT2D eigenvalue weighted by molar-refractivity contribution is 6.20. The summed E-state index contributed by atoms with van der Waals surface area (Å²) in [4.78, 5) is 36.9. The molecule has 2 saturated carbocycles. The molecule has 1 amide bonds. The number of amides is 1. The van der Waals surface area contributed by atoms with E-state index in [9.17, 15) is 9.59 Å². The van der Waals surface area contributed by atoms with Crippen LogP contribution in [0, 0.1) is 5.92 Å². The van der Waals surface area contributed by atoms with Gasteiger partial charge in [-0.2, -0.15) is 0 Å². The predicted octanol–water partition coefficient (Wildman–Crippen LogP) is 1.57. The first kappa shape index (κ1) is 28.2. The molecule has 0 aromatic carbocycles. The van der Waals surface area contributed by atoms with E-state index in [-0.39, 0.29) is 41.9 Å². The smallest absolute Gasteiger partial charge is 0.258 e. The lowest BCUT2D eigenvalue weighted by atomic mass is 9.69. The molecule has 10 heteroatoms. The SMILES string of the molecule is O=C1C(C(=O)N2CCC(N3CCCC3)CC2)=CN2C3CCCCC3OC3C(NCCN4CCOCC4)C(F)CC1C32. The van der Waals surface area contributed by atoms with Crippen molar-refractivity contribution >= 4 is 11.7 Å². The van der Waals surface area contributed by atoms with Crippen LogP contribution in [0.1, 0.15) is 57.8 Å². The highest BCUT2D eigenvalue weighted by Crippen LogP contribution is 2.45. The van der Waals surface area contributed by atoms with Crippen LogP contribution in [0.25, 0.3) is 0 Å². The molecule has 228 valence electrons. The molecule has 4 saturated heterocycles. The van der Waals surface area contributed by atoms with Crippen LogP contribution in [0.4, 0.5) is 4.39 Å². The summed E-state index contributed by atoms with van der Waals surface area (Å²) in [6, 6.07) is 0.0238. The molecule has 7 aliphatic rings. The highest BCUT2D eigenvalue weighted by Gasteiger charge is 2.58. The Kier molecular flexibility index (Phi) is 8.38. The summed E-state index contributed by atoms with van der Waals surface area (Å²) in [6.07, 6.45) is 9.08. The van der Waals surface area contributed by atoms with Crippen LogP contribution in [-0.4, -0.2) is 139 Å². The number of hydrogen-bond acceptors (Lipinski definition) is 8. The molecule has 9 nitrogen and oxygen atoms in total. The number of ketones is 1. The van der Waals surface area contributed by atoms with Gasteiger partial charge in [0.15, 0.2) is 5.78 Å². The Hall–Kier alpha value is -1.59. The molecule has 6 fully saturated rings. The summed E-state index contributed by atoms with van der Waals surface area (Å²) < 4.78 is 28.2. The zero-order valence-corrected chi connectivity index (χ0v) is 24.4. The van der Waals surface area contributed by atoms with Gasteiger partial charge in [-0.3, -0.25) is 14.5 Å². The molecule has 5 aliphatic heterocycles. The van der Waals surface area contributed by atoms with Gasteiger partial charge in [-0.15, -0.1) is 0 Å². The van der Waals surface area contributed by atoms with Crippen LogP contribution in [0.2, 0.25) is 0 Å². The molecule has 0 aromatic rings. The van der Waals surface area contributed by atoms with Crippen LogP contribution >= 0.6 is 0 Å². The second kappa shape index (κ2) is 12.2. The number of hydrogen-bond donors (Lipinski definition) is 1. The van der Waals surface area contributed by atoms with Gasteiger partial charge < -0.3 is 29.5 Å². The van der Waals surface area contributed by atoms with E-state index in [2.05, 4.69) is 20.0 Å². The average Bonchev–Trinajstić information content (AvgIpc) is 3.55. The van der Waals surface area contributed by atoms with Gasteiger partial charge in [0, 0.05) is 57.4 Å². The lowest BCUT2D eigenvalue weighted by Crippen LogP contribution is -2.73. The van der Waals surface area contributed by atoms with E-state index in [0.717, 1.165) is 71.4 Å². The van der Waals surface area contributed by atoms with Crippen molar-refractivity contribution in [3.8, 4) is 0 Å². The first-order valence-corrected chi connectivity index (χ1v) is 16.5. The molecule has 5 heterocycles. The van der Waals surface area contributed by atoms with Crippen molar-refractivity contribution in [2.24, 2.45) is 5.92 Å². The number of carbonyl (C=O) groups is 2. The summed E-state index contributed by atoms with van der Waals surface area (Å²) in [6.45, 7) is 8.53. The van der Waals surface area contributed by atoms with Crippen molar-refractivity contribution in [2.75, 3.05) is 65.6 Å². The fourth-order valence-corrected chi connectivity index (χ4v) is 8.90. The molecule has 2 aliphatic carbocycles. The van der Waals surface area contributed by atoms with Gasteiger partial charge in [0.2, 0.25) is 0 Å². The molecule has 0 radical (unpaired) electrons. The average molecular weight is 574 g/mol. The minimum absolute atomic E-state index is 0.0107. The number of likely N-dealkylation sites (tertiary alicyclic amines) is 2. The number of alkyl halides is 1. The van der Waals surface area contributed by atoms with Gasteiger partial charge in [-0.1, -0.05) is 12.8 Å². The second-order valence-corrected chi connectivity index (χ2v) is 13.4. The van der Waals surface area contributed by atoms with Crippen LogP contribution < -0.4 is 5.32 Å². The Labute approximate surface area is 243 Å². The summed E-state index contributed by atoms with van der Waals surface area (Å²) >= 11 is 0. The maximum absolute atomic E-state index is 16.0. The van der Waals surface area contributed by atoms with E-state index in [1.807, 2.05) is 11.1 Å². The lowest BCUT2D eigenvalue weighted by Gasteiger charge is -2.59. The van der Waals surface area contributed by atoms with E-state index >= 15 is 4.39 Å². The molecule has 1 N–H and O–H groups in total. The van der Waals surface area contributed by atoms with Crippen LogP contribution in [-0.2, 0) is 19.1 Å². The second-order valence-electron chi connectivity index (χ2n) is 13.4. The Bertz CT molecular complexity index is 993. The fraction of sp³-hybridized carbons (Fsp3) is 0.871. The molecular weight excluding hydrogens is 525 g/mol. The zero-order chi connectivity index (χ0) is 27.9. The molecule has 41 heavy (non-hydrogen) atoms. The van der Waals surface area contributed by atoms with E-state index in [1.165, 1.54) is 25.9 Å². The summed E-state index contributed by atoms with van der Waals surface area (Å²) in [5, 5.41) is 3.51. The number of halogens is 1. The molecule has 0 spiro atoms. The van der Waals surface area contributed by atoms with Crippen LogP contribution in [0.5, 0.6) is 0 Å². The molecule has 0 bridgehead atoms. The van der Waals surface area contributed by atoms with Gasteiger partial charge in [-0.25, -0.2) is 4.39 Å². The van der Waals surface area contributed by atoms with Gasteiger partial charge in [-0.05, 0) is 58.0 Å². The molecule has 7 unspecified atom stereocenters. The summed E-state index contributed by atoms with van der Waals surface area (Å²) in [7, 11) is 0. The topological polar surface area (TPSA) is 77.6 Å². The first-order valence-electron chi connectivity index (χ1n) is 16.5. The van der Waals surface area contributed by atoms with Crippen molar-refractivity contribution in [3.63, 3.8) is 0 Å². The minimum atomic E-state index is -1.19. The van der Waals surface area contributed by atoms with Crippen LogP contribution in [0.3, 0.4) is 0 Å². The summed E-state index contributed by atoms with van der Waals surface area (Å²) in [5.74, 6) is -0.860. The minimum Gasteiger partial charge on any atom is -0.379 e. The van der Waals surface area contributed by atoms with E-state index in [0.29, 0.717) is 25.7 Å². The maximum atomic E-state index is 16.0. The van der Waals surface area contributed by atoms with Crippen LogP contribution in [0.15, 0.2) is 11.8 Å². The first-order chi connectivity index (χ1) is 20.1. The number of ether oxygens (including phenoxy) is 2.